The van der Waals surface area contributed by atoms with Crippen molar-refractivity contribution >= 4 is 11.7 Å². The van der Waals surface area contributed by atoms with Gasteiger partial charge >= 0.3 is 0 Å². The number of aryl methyl sites for hydroxylation is 1. The molecule has 7 nitrogen and oxygen atoms in total. The number of aromatic nitrogens is 4. The van der Waals surface area contributed by atoms with Crippen LogP contribution >= 0.6 is 0 Å². The van der Waals surface area contributed by atoms with E-state index in [9.17, 15) is 4.79 Å². The van der Waals surface area contributed by atoms with E-state index in [1.807, 2.05) is 11.9 Å². The first-order valence-corrected chi connectivity index (χ1v) is 8.24. The highest BCUT2D eigenvalue weighted by atomic mass is 16.2. The molecule has 1 fully saturated rings. The maximum Gasteiger partial charge on any atom is 0.272 e. The van der Waals surface area contributed by atoms with Gasteiger partial charge in [0.1, 0.15) is 17.3 Å². The van der Waals surface area contributed by atoms with Crippen molar-refractivity contribution in [1.82, 2.24) is 24.8 Å². The summed E-state index contributed by atoms with van der Waals surface area (Å²) in [6.45, 7) is 3.29. The average molecular weight is 326 g/mol. The normalized spacial score (nSPS) is 17.6. The summed E-state index contributed by atoms with van der Waals surface area (Å²) in [5.74, 6) is 1.80. The summed E-state index contributed by atoms with van der Waals surface area (Å²) in [5, 5.41) is 3.08. The maximum absolute atomic E-state index is 12.7. The maximum atomic E-state index is 12.7. The molecule has 3 heterocycles. The van der Waals surface area contributed by atoms with Gasteiger partial charge in [-0.1, -0.05) is 0 Å². The van der Waals surface area contributed by atoms with Crippen molar-refractivity contribution < 1.29 is 4.79 Å². The molecule has 2 aromatic rings. The van der Waals surface area contributed by atoms with Crippen LogP contribution in [0, 0.1) is 12.8 Å². The van der Waals surface area contributed by atoms with Crippen molar-refractivity contribution in [1.29, 1.82) is 0 Å². The molecule has 1 aliphatic heterocycles. The molecule has 0 aliphatic carbocycles. The van der Waals surface area contributed by atoms with Gasteiger partial charge in [-0.3, -0.25) is 9.78 Å². The summed E-state index contributed by atoms with van der Waals surface area (Å²) >= 11 is 0. The SMILES string of the molecule is CNc1nccnc1C[C@H]1CCCN(C(=O)c2ccnc(C)n2)C1. The van der Waals surface area contributed by atoms with Crippen LogP contribution < -0.4 is 5.32 Å². The van der Waals surface area contributed by atoms with Gasteiger partial charge in [0.05, 0.1) is 5.69 Å². The summed E-state index contributed by atoms with van der Waals surface area (Å²) in [7, 11) is 1.85. The van der Waals surface area contributed by atoms with Gasteiger partial charge in [0, 0.05) is 38.7 Å². The summed E-state index contributed by atoms with van der Waals surface area (Å²) in [5.41, 5.74) is 1.43. The second-order valence-electron chi connectivity index (χ2n) is 6.05. The number of nitrogens with one attached hydrogen (secondary N) is 1. The molecule has 0 bridgehead atoms. The first-order chi connectivity index (χ1) is 11.7. The number of hydrogen-bond donors (Lipinski definition) is 1. The minimum Gasteiger partial charge on any atom is -0.372 e. The lowest BCUT2D eigenvalue weighted by Gasteiger charge is -2.32. The van der Waals surface area contributed by atoms with Crippen LogP contribution in [0.5, 0.6) is 0 Å². The van der Waals surface area contributed by atoms with Gasteiger partial charge in [0.15, 0.2) is 0 Å². The molecule has 7 heteroatoms. The molecule has 0 unspecified atom stereocenters. The Hall–Kier alpha value is -2.57. The number of carbonyl (C=O) groups excluding carboxylic acids is 1. The fraction of sp³-hybridized carbons (Fsp3) is 0.471. The third-order valence-electron chi connectivity index (χ3n) is 4.29. The molecule has 1 amide bonds. The summed E-state index contributed by atoms with van der Waals surface area (Å²) < 4.78 is 0. The largest absolute Gasteiger partial charge is 0.372 e. The lowest BCUT2D eigenvalue weighted by molar-refractivity contribution is 0.0666. The fourth-order valence-corrected chi connectivity index (χ4v) is 3.15. The fourth-order valence-electron chi connectivity index (χ4n) is 3.15. The summed E-state index contributed by atoms with van der Waals surface area (Å²) in [4.78, 5) is 31.6. The average Bonchev–Trinajstić information content (AvgIpc) is 2.62. The molecule has 1 aliphatic rings. The monoisotopic (exact) mass is 326 g/mol. The Kier molecular flexibility index (Phi) is 4.98. The zero-order chi connectivity index (χ0) is 16.9. The first-order valence-electron chi connectivity index (χ1n) is 8.24. The predicted molar refractivity (Wildman–Crippen MR) is 90.7 cm³/mol. The van der Waals surface area contributed by atoms with E-state index in [0.717, 1.165) is 43.9 Å². The van der Waals surface area contributed by atoms with Crippen molar-refractivity contribution in [2.45, 2.75) is 26.2 Å². The number of carbonyl (C=O) groups is 1. The second kappa shape index (κ2) is 7.33. The molecule has 3 rings (SSSR count). The zero-order valence-electron chi connectivity index (χ0n) is 14.1. The molecule has 0 spiro atoms. The summed E-state index contributed by atoms with van der Waals surface area (Å²) in [6, 6.07) is 1.68. The van der Waals surface area contributed by atoms with Crippen molar-refractivity contribution in [2.24, 2.45) is 5.92 Å². The molecule has 2 aromatic heterocycles. The minimum atomic E-state index is -0.0156. The number of anilines is 1. The van der Waals surface area contributed by atoms with Crippen molar-refractivity contribution in [3.63, 3.8) is 0 Å². The topological polar surface area (TPSA) is 83.9 Å². The Bertz CT molecular complexity index is 720. The first kappa shape index (κ1) is 16.3. The summed E-state index contributed by atoms with van der Waals surface area (Å²) in [6.07, 6.45) is 7.93. The van der Waals surface area contributed by atoms with Gasteiger partial charge in [-0.15, -0.1) is 0 Å². The van der Waals surface area contributed by atoms with Gasteiger partial charge in [0.25, 0.3) is 5.91 Å². The predicted octanol–water partition coefficient (Wildman–Crippen LogP) is 1.71. The smallest absolute Gasteiger partial charge is 0.272 e. The van der Waals surface area contributed by atoms with Crippen LogP contribution in [0.2, 0.25) is 0 Å². The third-order valence-corrected chi connectivity index (χ3v) is 4.29. The van der Waals surface area contributed by atoms with Gasteiger partial charge < -0.3 is 10.2 Å². The number of piperidine rings is 1. The Balaban J connectivity index is 1.69. The van der Waals surface area contributed by atoms with Crippen LogP contribution in [0.3, 0.4) is 0 Å². The highest BCUT2D eigenvalue weighted by Gasteiger charge is 2.26. The van der Waals surface area contributed by atoms with Crippen LogP contribution in [0.4, 0.5) is 5.82 Å². The van der Waals surface area contributed by atoms with Gasteiger partial charge in [0.2, 0.25) is 0 Å². The Morgan fingerprint density at radius 1 is 1.29 bits per heavy atom. The molecular weight excluding hydrogens is 304 g/mol. The molecule has 1 atom stereocenters. The van der Waals surface area contributed by atoms with Crippen LogP contribution in [0.25, 0.3) is 0 Å². The molecule has 24 heavy (non-hydrogen) atoms. The van der Waals surface area contributed by atoms with E-state index in [4.69, 9.17) is 0 Å². The van der Waals surface area contributed by atoms with E-state index in [2.05, 4.69) is 25.3 Å². The second-order valence-corrected chi connectivity index (χ2v) is 6.05. The van der Waals surface area contributed by atoms with Crippen LogP contribution in [-0.4, -0.2) is 50.9 Å². The van der Waals surface area contributed by atoms with E-state index in [1.54, 1.807) is 31.6 Å². The Morgan fingerprint density at radius 2 is 2.12 bits per heavy atom. The molecule has 1 saturated heterocycles. The van der Waals surface area contributed by atoms with Gasteiger partial charge in [-0.25, -0.2) is 15.0 Å². The molecule has 0 aromatic carbocycles. The van der Waals surface area contributed by atoms with Crippen molar-refractivity contribution in [3.8, 4) is 0 Å². The lowest BCUT2D eigenvalue weighted by atomic mass is 9.93. The Labute approximate surface area is 141 Å². The zero-order valence-corrected chi connectivity index (χ0v) is 14.1. The molecule has 1 N–H and O–H groups in total. The number of likely N-dealkylation sites (tertiary alicyclic amines) is 1. The molecular formula is C17H22N6O. The van der Waals surface area contributed by atoms with E-state index >= 15 is 0 Å². The highest BCUT2D eigenvalue weighted by molar-refractivity contribution is 5.92. The van der Waals surface area contributed by atoms with E-state index in [0.29, 0.717) is 17.4 Å². The minimum absolute atomic E-state index is 0.0156. The van der Waals surface area contributed by atoms with Gasteiger partial charge in [-0.2, -0.15) is 0 Å². The van der Waals surface area contributed by atoms with Crippen molar-refractivity contribution in [3.05, 3.63) is 41.9 Å². The third kappa shape index (κ3) is 3.67. The van der Waals surface area contributed by atoms with E-state index in [1.165, 1.54) is 0 Å². The van der Waals surface area contributed by atoms with E-state index in [-0.39, 0.29) is 5.91 Å². The molecule has 126 valence electrons. The molecule has 0 radical (unpaired) electrons. The van der Waals surface area contributed by atoms with Crippen LogP contribution in [0.1, 0.15) is 34.8 Å². The number of amides is 1. The lowest BCUT2D eigenvalue weighted by Crippen LogP contribution is -2.41. The van der Waals surface area contributed by atoms with Crippen LogP contribution in [0.15, 0.2) is 24.7 Å². The van der Waals surface area contributed by atoms with E-state index < -0.39 is 0 Å². The quantitative estimate of drug-likeness (QED) is 0.921. The molecule has 0 saturated carbocycles. The Morgan fingerprint density at radius 3 is 2.92 bits per heavy atom. The van der Waals surface area contributed by atoms with Gasteiger partial charge in [-0.05, 0) is 38.2 Å². The number of rotatable bonds is 4. The van der Waals surface area contributed by atoms with Crippen LogP contribution in [-0.2, 0) is 6.42 Å². The number of hydrogen-bond acceptors (Lipinski definition) is 6. The number of nitrogens with zero attached hydrogens (tertiary/aromatic N) is 5. The highest BCUT2D eigenvalue weighted by Crippen LogP contribution is 2.23. The van der Waals surface area contributed by atoms with Crippen molar-refractivity contribution in [2.75, 3.05) is 25.5 Å². The standard InChI is InChI=1S/C17H22N6O/c1-12-19-6-5-14(22-12)17(24)23-9-3-4-13(11-23)10-15-16(18-2)21-8-7-20-15/h5-8,13H,3-4,9-11H2,1-2H3,(H,18,21)/t13-/m1/s1.